The quantitative estimate of drug-likeness (QED) is 0.742. The van der Waals surface area contributed by atoms with E-state index in [9.17, 15) is 5.11 Å². The van der Waals surface area contributed by atoms with Crippen molar-refractivity contribution in [2.45, 2.75) is 44.6 Å². The summed E-state index contributed by atoms with van der Waals surface area (Å²) < 4.78 is 5.78. The summed E-state index contributed by atoms with van der Waals surface area (Å²) in [5.41, 5.74) is 0.146. The summed E-state index contributed by atoms with van der Waals surface area (Å²) in [5, 5.41) is 12.9. The number of hydrogen-bond donors (Lipinski definition) is 2. The maximum Gasteiger partial charge on any atom is 0.0581 e. The van der Waals surface area contributed by atoms with Crippen molar-refractivity contribution >= 4 is 0 Å². The normalized spacial score (nSPS) is 31.4. The molecular formula is C12H23NO2. The van der Waals surface area contributed by atoms with E-state index in [0.29, 0.717) is 12.7 Å². The summed E-state index contributed by atoms with van der Waals surface area (Å²) >= 11 is 0. The molecule has 2 fully saturated rings. The highest BCUT2D eigenvalue weighted by molar-refractivity contribution is 4.87. The number of piperidine rings is 1. The van der Waals surface area contributed by atoms with Gasteiger partial charge in [0.05, 0.1) is 6.10 Å². The zero-order chi connectivity index (χ0) is 10.6. The van der Waals surface area contributed by atoms with Gasteiger partial charge in [-0.1, -0.05) is 0 Å². The van der Waals surface area contributed by atoms with Gasteiger partial charge in [-0.15, -0.1) is 0 Å². The largest absolute Gasteiger partial charge is 0.396 e. The van der Waals surface area contributed by atoms with Crippen LogP contribution < -0.4 is 5.32 Å². The first kappa shape index (κ1) is 11.4. The third-order valence-corrected chi connectivity index (χ3v) is 3.93. The first-order valence-electron chi connectivity index (χ1n) is 6.28. The zero-order valence-corrected chi connectivity index (χ0v) is 9.50. The Balaban J connectivity index is 1.87. The lowest BCUT2D eigenvalue weighted by Crippen LogP contribution is -2.42. The molecule has 2 rings (SSSR count). The summed E-state index contributed by atoms with van der Waals surface area (Å²) in [6.45, 7) is 3.35. The fourth-order valence-electron chi connectivity index (χ4n) is 2.84. The van der Waals surface area contributed by atoms with E-state index in [1.165, 1.54) is 19.3 Å². The van der Waals surface area contributed by atoms with E-state index in [1.807, 2.05) is 0 Å². The van der Waals surface area contributed by atoms with Gasteiger partial charge < -0.3 is 15.2 Å². The molecule has 0 spiro atoms. The molecule has 0 amide bonds. The molecule has 0 bridgehead atoms. The van der Waals surface area contributed by atoms with Crippen molar-refractivity contribution in [3.8, 4) is 0 Å². The fourth-order valence-corrected chi connectivity index (χ4v) is 2.84. The van der Waals surface area contributed by atoms with Gasteiger partial charge in [-0.05, 0) is 57.0 Å². The average molecular weight is 213 g/mol. The lowest BCUT2D eigenvalue weighted by molar-refractivity contribution is -0.0372. The van der Waals surface area contributed by atoms with Crippen molar-refractivity contribution in [1.29, 1.82) is 0 Å². The standard InChI is InChI=1S/C12H23NO2/c14-10-12(4-6-13-7-5-12)9-11-3-1-2-8-15-11/h11,13-14H,1-10H2. The van der Waals surface area contributed by atoms with Gasteiger partial charge in [0.2, 0.25) is 0 Å². The molecule has 2 aliphatic rings. The molecule has 1 atom stereocenters. The molecule has 0 aromatic carbocycles. The third-order valence-electron chi connectivity index (χ3n) is 3.93. The summed E-state index contributed by atoms with van der Waals surface area (Å²) in [5.74, 6) is 0. The Bertz CT molecular complexity index is 184. The molecule has 88 valence electrons. The van der Waals surface area contributed by atoms with Crippen LogP contribution in [-0.4, -0.2) is 37.5 Å². The minimum Gasteiger partial charge on any atom is -0.396 e. The molecule has 0 aromatic heterocycles. The van der Waals surface area contributed by atoms with E-state index in [1.54, 1.807) is 0 Å². The average Bonchev–Trinajstić information content (AvgIpc) is 2.32. The highest BCUT2D eigenvalue weighted by atomic mass is 16.5. The first-order chi connectivity index (χ1) is 7.35. The van der Waals surface area contributed by atoms with Crippen LogP contribution in [0.3, 0.4) is 0 Å². The molecular weight excluding hydrogens is 190 g/mol. The Morgan fingerprint density at radius 1 is 1.27 bits per heavy atom. The van der Waals surface area contributed by atoms with Crippen molar-refractivity contribution in [3.05, 3.63) is 0 Å². The SMILES string of the molecule is OCC1(CC2CCCCO2)CCNCC1. The van der Waals surface area contributed by atoms with Gasteiger partial charge in [-0.25, -0.2) is 0 Å². The molecule has 2 saturated heterocycles. The summed E-state index contributed by atoms with van der Waals surface area (Å²) in [7, 11) is 0. The predicted molar refractivity (Wildman–Crippen MR) is 59.8 cm³/mol. The van der Waals surface area contributed by atoms with E-state index >= 15 is 0 Å². The zero-order valence-electron chi connectivity index (χ0n) is 9.50. The molecule has 2 heterocycles. The molecule has 3 heteroatoms. The van der Waals surface area contributed by atoms with E-state index in [2.05, 4.69) is 5.32 Å². The molecule has 0 aromatic rings. The van der Waals surface area contributed by atoms with Gasteiger partial charge in [-0.3, -0.25) is 0 Å². The fraction of sp³-hybridized carbons (Fsp3) is 1.00. The summed E-state index contributed by atoms with van der Waals surface area (Å²) in [6.07, 6.45) is 7.37. The second-order valence-corrected chi connectivity index (χ2v) is 5.10. The van der Waals surface area contributed by atoms with Crippen LogP contribution in [0.2, 0.25) is 0 Å². The van der Waals surface area contributed by atoms with Crippen LogP contribution in [0.25, 0.3) is 0 Å². The van der Waals surface area contributed by atoms with Gasteiger partial charge in [-0.2, -0.15) is 0 Å². The smallest absolute Gasteiger partial charge is 0.0581 e. The molecule has 1 unspecified atom stereocenters. The Hall–Kier alpha value is -0.120. The molecule has 2 N–H and O–H groups in total. The molecule has 0 radical (unpaired) electrons. The van der Waals surface area contributed by atoms with Crippen LogP contribution in [0.4, 0.5) is 0 Å². The Morgan fingerprint density at radius 2 is 2.07 bits per heavy atom. The number of rotatable bonds is 3. The van der Waals surface area contributed by atoms with Crippen LogP contribution >= 0.6 is 0 Å². The van der Waals surface area contributed by atoms with Crippen molar-refractivity contribution in [2.75, 3.05) is 26.3 Å². The highest BCUT2D eigenvalue weighted by Crippen LogP contribution is 2.36. The lowest BCUT2D eigenvalue weighted by Gasteiger charge is -2.39. The second-order valence-electron chi connectivity index (χ2n) is 5.10. The van der Waals surface area contributed by atoms with Crippen molar-refractivity contribution in [1.82, 2.24) is 5.32 Å². The van der Waals surface area contributed by atoms with Crippen LogP contribution in [0.15, 0.2) is 0 Å². The Labute approximate surface area is 92.2 Å². The van der Waals surface area contributed by atoms with Gasteiger partial charge in [0.15, 0.2) is 0 Å². The van der Waals surface area contributed by atoms with E-state index < -0.39 is 0 Å². The van der Waals surface area contributed by atoms with Crippen LogP contribution in [0.1, 0.15) is 38.5 Å². The number of aliphatic hydroxyl groups is 1. The van der Waals surface area contributed by atoms with Crippen LogP contribution in [-0.2, 0) is 4.74 Å². The number of ether oxygens (including phenoxy) is 1. The van der Waals surface area contributed by atoms with Gasteiger partial charge >= 0.3 is 0 Å². The van der Waals surface area contributed by atoms with Gasteiger partial charge in [0.1, 0.15) is 0 Å². The molecule has 0 aliphatic carbocycles. The first-order valence-corrected chi connectivity index (χ1v) is 6.28. The topological polar surface area (TPSA) is 41.5 Å². The monoisotopic (exact) mass is 213 g/mol. The minimum atomic E-state index is 0.146. The Kier molecular flexibility index (Phi) is 4.00. The summed E-state index contributed by atoms with van der Waals surface area (Å²) in [6, 6.07) is 0. The lowest BCUT2D eigenvalue weighted by atomic mass is 9.74. The van der Waals surface area contributed by atoms with Crippen molar-refractivity contribution in [2.24, 2.45) is 5.41 Å². The highest BCUT2D eigenvalue weighted by Gasteiger charge is 2.34. The van der Waals surface area contributed by atoms with Crippen molar-refractivity contribution < 1.29 is 9.84 Å². The molecule has 0 saturated carbocycles. The second kappa shape index (κ2) is 5.28. The molecule has 2 aliphatic heterocycles. The van der Waals surface area contributed by atoms with E-state index in [4.69, 9.17) is 4.74 Å². The third kappa shape index (κ3) is 2.92. The summed E-state index contributed by atoms with van der Waals surface area (Å²) in [4.78, 5) is 0. The number of hydrogen-bond acceptors (Lipinski definition) is 3. The predicted octanol–water partition coefficient (Wildman–Crippen LogP) is 1.31. The van der Waals surface area contributed by atoms with Crippen molar-refractivity contribution in [3.63, 3.8) is 0 Å². The van der Waals surface area contributed by atoms with Gasteiger partial charge in [0.25, 0.3) is 0 Å². The van der Waals surface area contributed by atoms with E-state index in [-0.39, 0.29) is 5.41 Å². The minimum absolute atomic E-state index is 0.146. The molecule has 15 heavy (non-hydrogen) atoms. The van der Waals surface area contributed by atoms with Crippen LogP contribution in [0.5, 0.6) is 0 Å². The number of nitrogens with one attached hydrogen (secondary N) is 1. The maximum absolute atomic E-state index is 9.59. The van der Waals surface area contributed by atoms with Crippen LogP contribution in [0, 0.1) is 5.41 Å². The number of aliphatic hydroxyl groups excluding tert-OH is 1. The molecule has 3 nitrogen and oxygen atoms in total. The maximum atomic E-state index is 9.59. The Morgan fingerprint density at radius 3 is 2.67 bits per heavy atom. The van der Waals surface area contributed by atoms with Gasteiger partial charge in [0, 0.05) is 13.2 Å². The van der Waals surface area contributed by atoms with E-state index in [0.717, 1.165) is 39.0 Å².